The Morgan fingerprint density at radius 2 is 0.422 bits per heavy atom. The van der Waals surface area contributed by atoms with E-state index in [9.17, 15) is 58.8 Å². The number of methoxy groups -OCH3 is 8. The molecular formula is C92H72O24. The van der Waals surface area contributed by atoms with Crippen molar-refractivity contribution in [1.29, 1.82) is 0 Å². The minimum atomic E-state index is -0.476. The molecule has 0 atom stereocenters. The maximum absolute atomic E-state index is 13.6. The van der Waals surface area contributed by atoms with Crippen LogP contribution in [0.4, 0.5) is 0 Å². The van der Waals surface area contributed by atoms with Gasteiger partial charge in [0.1, 0.15) is 26.4 Å². The maximum atomic E-state index is 13.6. The van der Waals surface area contributed by atoms with Gasteiger partial charge in [0.2, 0.25) is 0 Å². The predicted molar refractivity (Wildman–Crippen MR) is 421 cm³/mol. The summed E-state index contributed by atoms with van der Waals surface area (Å²) in [4.78, 5) is 104. The van der Waals surface area contributed by atoms with Crippen molar-refractivity contribution in [2.45, 2.75) is 26.4 Å². The van der Waals surface area contributed by atoms with Gasteiger partial charge in [0, 0.05) is 77.9 Å². The quantitative estimate of drug-likeness (QED) is 0.0551. The first-order valence-corrected chi connectivity index (χ1v) is 35.7. The zero-order valence-corrected chi connectivity index (χ0v) is 63.6. The average molecular weight is 1560 g/mol. The highest BCUT2D eigenvalue weighted by Gasteiger charge is 2.39. The zero-order valence-electron chi connectivity index (χ0n) is 63.6. The standard InChI is InChI=1S/2C30H24O6.2C16H12O6/c1-33-25-13-21-23(15-27(25)35-17-19-9-5-3-6-10-19)30(32)22-14-26(34-2)28(16-24(22)29(21)31)36-18-20-11-7-4-8-12-20;1-33-25-15-23-22(16-26(25)36-18-20-11-7-4-8-12-20)28(31)21-13-14-24(30(34-2)27(21)29(23)32)35-17-19-9-5-3-6-10-19;1-21-13-5-9-7(3-11(13)17)16(20)10-6-14(22-2)12(18)4-8(10)15(9)19;1-21-12-6-9-8(5-11(12)18)14(19)7-3-4-10(17)16(22-2)13(7)15(9)20/h2*3-16H,17-18H2,1-2H3;2*3-6,17-18H,1-2H3. The number of hydrogen-bond donors (Lipinski definition) is 4. The second-order valence-electron chi connectivity index (χ2n) is 26.1. The highest BCUT2D eigenvalue weighted by atomic mass is 16.5. The van der Waals surface area contributed by atoms with E-state index in [1.54, 1.807) is 48.5 Å². The van der Waals surface area contributed by atoms with Gasteiger partial charge in [-0.15, -0.1) is 0 Å². The van der Waals surface area contributed by atoms with Crippen molar-refractivity contribution in [2.75, 3.05) is 56.9 Å². The summed E-state index contributed by atoms with van der Waals surface area (Å²) >= 11 is 0. The number of ether oxygens (including phenoxy) is 12. The first-order chi connectivity index (χ1) is 56.1. The Morgan fingerprint density at radius 3 is 0.698 bits per heavy atom. The fourth-order valence-corrected chi connectivity index (χ4v) is 13.5. The SMILES string of the molecule is COc1cc2c(cc1O)C(=O)c1cc(OC)c(O)cc1C2=O.COc1cc2c(cc1O)C(=O)c1ccc(O)c(OC)c1C2=O.COc1cc2c(cc1OCc1ccccc1)C(=O)c1cc(OC)c(OCc3ccccc3)cc1C2=O.COc1cc2c(cc1OCc1ccccc1)C(=O)c1ccc(OCc3ccccc3)c(OC)c1C2=O. The monoisotopic (exact) mass is 1560 g/mol. The van der Waals surface area contributed by atoms with Crippen LogP contribution in [0, 0.1) is 0 Å². The fraction of sp³-hybridized carbons (Fsp3) is 0.130. The molecule has 0 fully saturated rings. The molecule has 4 aliphatic carbocycles. The molecule has 0 aliphatic heterocycles. The van der Waals surface area contributed by atoms with E-state index >= 15 is 0 Å². The number of benzene rings is 12. The first kappa shape index (κ1) is 78.9. The third kappa shape index (κ3) is 15.5. The summed E-state index contributed by atoms with van der Waals surface area (Å²) in [5, 5.41) is 39.2. The van der Waals surface area contributed by atoms with Crippen LogP contribution in [0.2, 0.25) is 0 Å². The van der Waals surface area contributed by atoms with Crippen molar-refractivity contribution < 1.29 is 116 Å². The van der Waals surface area contributed by atoms with E-state index < -0.39 is 23.1 Å². The number of phenols is 4. The summed E-state index contributed by atoms with van der Waals surface area (Å²) in [7, 11) is 11.3. The molecule has 12 aromatic carbocycles. The largest absolute Gasteiger partial charge is 0.504 e. The van der Waals surface area contributed by atoms with Crippen molar-refractivity contribution in [3.05, 3.63) is 330 Å². The van der Waals surface area contributed by atoms with Crippen molar-refractivity contribution in [3.63, 3.8) is 0 Å². The van der Waals surface area contributed by atoms with Gasteiger partial charge in [-0.25, -0.2) is 0 Å². The van der Waals surface area contributed by atoms with Crippen LogP contribution in [0.1, 0.15) is 150 Å². The zero-order chi connectivity index (χ0) is 82.2. The minimum Gasteiger partial charge on any atom is -0.504 e. The molecular weight excluding hydrogens is 1490 g/mol. The van der Waals surface area contributed by atoms with Gasteiger partial charge in [0.15, 0.2) is 138 Å². The number of phenolic OH excluding ortho intramolecular Hbond substituents is 4. The first-order valence-electron chi connectivity index (χ1n) is 35.7. The smallest absolute Gasteiger partial charge is 0.198 e. The molecule has 0 radical (unpaired) electrons. The van der Waals surface area contributed by atoms with Crippen molar-refractivity contribution in [2.24, 2.45) is 0 Å². The highest BCUT2D eigenvalue weighted by Crippen LogP contribution is 2.47. The predicted octanol–water partition coefficient (Wildman–Crippen LogP) is 15.1. The molecule has 0 heterocycles. The summed E-state index contributed by atoms with van der Waals surface area (Å²) in [6, 6.07) is 61.5. The molecule has 0 saturated heterocycles. The minimum absolute atomic E-state index is 0.00717. The van der Waals surface area contributed by atoms with Gasteiger partial charge in [-0.1, -0.05) is 121 Å². The van der Waals surface area contributed by atoms with Gasteiger partial charge < -0.3 is 77.3 Å². The number of fused-ring (bicyclic) bond motifs is 8. The van der Waals surface area contributed by atoms with Crippen molar-refractivity contribution in [1.82, 2.24) is 0 Å². The Hall–Kier alpha value is -15.2. The van der Waals surface area contributed by atoms with Crippen molar-refractivity contribution in [3.8, 4) is 92.0 Å². The van der Waals surface area contributed by atoms with Crippen LogP contribution in [0.3, 0.4) is 0 Å². The topological polar surface area (TPSA) is 328 Å². The summed E-state index contributed by atoms with van der Waals surface area (Å²) in [5.41, 5.74) is 6.58. The van der Waals surface area contributed by atoms with E-state index in [0.29, 0.717) is 66.7 Å². The second kappa shape index (κ2) is 34.2. The van der Waals surface area contributed by atoms with E-state index in [1.807, 2.05) is 121 Å². The van der Waals surface area contributed by atoms with E-state index in [0.717, 1.165) is 22.3 Å². The third-order valence-corrected chi connectivity index (χ3v) is 19.4. The van der Waals surface area contributed by atoms with E-state index in [2.05, 4.69) is 0 Å². The normalized spacial score (nSPS) is 12.2. The molecule has 0 amide bonds. The van der Waals surface area contributed by atoms with E-state index in [1.165, 1.54) is 105 Å². The average Bonchev–Trinajstić information content (AvgIpc) is 0.753. The lowest BCUT2D eigenvalue weighted by molar-refractivity contribution is 0.0975. The van der Waals surface area contributed by atoms with E-state index in [4.69, 9.17) is 56.8 Å². The molecule has 0 unspecified atom stereocenters. The van der Waals surface area contributed by atoms with Crippen LogP contribution >= 0.6 is 0 Å². The van der Waals surface area contributed by atoms with Crippen LogP contribution in [0.15, 0.2) is 218 Å². The number of carbonyl (C=O) groups excluding carboxylic acids is 8. The molecule has 0 aromatic heterocycles. The summed E-state index contributed by atoms with van der Waals surface area (Å²) in [5.74, 6) is -0.739. The van der Waals surface area contributed by atoms with Gasteiger partial charge in [0.25, 0.3) is 0 Å². The number of hydrogen-bond acceptors (Lipinski definition) is 24. The molecule has 116 heavy (non-hydrogen) atoms. The Morgan fingerprint density at radius 1 is 0.198 bits per heavy atom. The van der Waals surface area contributed by atoms with Crippen molar-refractivity contribution >= 4 is 46.3 Å². The molecule has 0 saturated carbocycles. The van der Waals surface area contributed by atoms with Gasteiger partial charge >= 0.3 is 0 Å². The maximum Gasteiger partial charge on any atom is 0.198 e. The Labute approximate surface area is 663 Å². The molecule has 0 spiro atoms. The summed E-state index contributed by atoms with van der Waals surface area (Å²) in [6.45, 7) is 1.19. The van der Waals surface area contributed by atoms with Gasteiger partial charge in [-0.3, -0.25) is 38.4 Å². The molecule has 24 heteroatoms. The molecule has 584 valence electrons. The molecule has 24 nitrogen and oxygen atoms in total. The lowest BCUT2D eigenvalue weighted by Crippen LogP contribution is -2.22. The fourth-order valence-electron chi connectivity index (χ4n) is 13.5. The van der Waals surface area contributed by atoms with Crippen LogP contribution < -0.4 is 56.8 Å². The second-order valence-corrected chi connectivity index (χ2v) is 26.1. The molecule has 12 aromatic rings. The Bertz CT molecular complexity index is 5540. The van der Waals surface area contributed by atoms with Crippen LogP contribution in [-0.4, -0.2) is 124 Å². The molecule has 16 rings (SSSR count). The number of aromatic hydroxyl groups is 4. The molecule has 4 aliphatic rings. The van der Waals surface area contributed by atoms with Crippen LogP contribution in [0.5, 0.6) is 92.0 Å². The number of rotatable bonds is 20. The number of ketones is 8. The molecule has 4 N–H and O–H groups in total. The van der Waals surface area contributed by atoms with Gasteiger partial charge in [0.05, 0.1) is 68.0 Å². The molecule has 0 bridgehead atoms. The highest BCUT2D eigenvalue weighted by molar-refractivity contribution is 6.32. The van der Waals surface area contributed by atoms with Gasteiger partial charge in [-0.05, 0) is 119 Å². The van der Waals surface area contributed by atoms with Crippen LogP contribution in [0.25, 0.3) is 0 Å². The van der Waals surface area contributed by atoms with Gasteiger partial charge in [-0.2, -0.15) is 0 Å². The third-order valence-electron chi connectivity index (χ3n) is 19.4. The number of carbonyl (C=O) groups is 8. The Kier molecular flexibility index (Phi) is 23.3. The summed E-state index contributed by atoms with van der Waals surface area (Å²) in [6.07, 6.45) is 0. The Balaban J connectivity index is 0.000000138. The van der Waals surface area contributed by atoms with E-state index in [-0.39, 0.29) is 164 Å². The summed E-state index contributed by atoms with van der Waals surface area (Å²) < 4.78 is 65.8. The lowest BCUT2D eigenvalue weighted by Gasteiger charge is -2.23. The van der Waals surface area contributed by atoms with Crippen LogP contribution in [-0.2, 0) is 26.4 Å². The lowest BCUT2D eigenvalue weighted by atomic mass is 9.83.